The number of hydrogen-bond donors (Lipinski definition) is 0. The highest BCUT2D eigenvalue weighted by Crippen LogP contribution is 2.13. The summed E-state index contributed by atoms with van der Waals surface area (Å²) in [6.07, 6.45) is 0. The highest BCUT2D eigenvalue weighted by atomic mass is 35.5. The Balaban J connectivity index is 2.65. The van der Waals surface area contributed by atoms with Crippen LogP contribution in [-0.2, 0) is 0 Å². The van der Waals surface area contributed by atoms with Crippen molar-refractivity contribution >= 4 is 11.6 Å². The molecule has 1 rings (SSSR count). The van der Waals surface area contributed by atoms with Gasteiger partial charge in [0.2, 0.25) is 0 Å². The second-order valence-corrected chi connectivity index (χ2v) is 3.94. The molecule has 80 valence electrons. The second kappa shape index (κ2) is 6.37. The van der Waals surface area contributed by atoms with Gasteiger partial charge in [-0.25, -0.2) is 0 Å². The molecule has 0 fully saturated rings. The van der Waals surface area contributed by atoms with Crippen molar-refractivity contribution in [1.29, 1.82) is 0 Å². The molecule has 0 bridgehead atoms. The molecule has 0 saturated carbocycles. The number of hydrogen-bond acceptors (Lipinski definition) is 1. The van der Waals surface area contributed by atoms with Crippen LogP contribution in [0.25, 0.3) is 0 Å². The minimum absolute atomic E-state index is 0.358. The molecule has 0 heterocycles. The summed E-state index contributed by atoms with van der Waals surface area (Å²) in [4.78, 5) is 0. The third-order valence-corrected chi connectivity index (χ3v) is 1.85. The van der Waals surface area contributed by atoms with Crippen molar-refractivity contribution in [3.8, 4) is 17.6 Å². The van der Waals surface area contributed by atoms with Crippen LogP contribution in [0.3, 0.4) is 0 Å². The second-order valence-electron chi connectivity index (χ2n) is 3.67. The zero-order valence-electron chi connectivity index (χ0n) is 9.09. The minimum Gasteiger partial charge on any atom is -0.493 e. The molecule has 0 aliphatic rings. The summed E-state index contributed by atoms with van der Waals surface area (Å²) in [6, 6.07) is 7.76. The Hall–Kier alpha value is -1.13. The fourth-order valence-electron chi connectivity index (χ4n) is 1.06. The molecule has 2 heteroatoms. The normalized spacial score (nSPS) is 9.60. The minimum atomic E-state index is 0.358. The van der Waals surface area contributed by atoms with E-state index in [-0.39, 0.29) is 0 Å². The lowest BCUT2D eigenvalue weighted by Crippen LogP contribution is -2.04. The van der Waals surface area contributed by atoms with Crippen LogP contribution < -0.4 is 4.74 Å². The Morgan fingerprint density at radius 2 is 2.20 bits per heavy atom. The molecule has 1 nitrogen and oxygen atoms in total. The number of alkyl halides is 1. The summed E-state index contributed by atoms with van der Waals surface area (Å²) in [5, 5.41) is 0. The van der Waals surface area contributed by atoms with Gasteiger partial charge in [0.05, 0.1) is 12.5 Å². The lowest BCUT2D eigenvalue weighted by molar-refractivity contribution is 0.271. The van der Waals surface area contributed by atoms with E-state index in [1.165, 1.54) is 0 Å². The highest BCUT2D eigenvalue weighted by Gasteiger charge is 1.97. The first-order chi connectivity index (χ1) is 7.22. The summed E-state index contributed by atoms with van der Waals surface area (Å²) >= 11 is 5.49. The molecule has 0 atom stereocenters. The summed E-state index contributed by atoms with van der Waals surface area (Å²) in [6.45, 7) is 4.97. The van der Waals surface area contributed by atoms with Gasteiger partial charge in [-0.1, -0.05) is 31.8 Å². The number of benzene rings is 1. The molecule has 0 unspecified atom stereocenters. The predicted molar refractivity (Wildman–Crippen MR) is 64.4 cm³/mol. The van der Waals surface area contributed by atoms with E-state index in [0.29, 0.717) is 11.8 Å². The summed E-state index contributed by atoms with van der Waals surface area (Å²) in [7, 11) is 0. The first-order valence-corrected chi connectivity index (χ1v) is 5.53. The summed E-state index contributed by atoms with van der Waals surface area (Å²) in [5.74, 6) is 7.53. The average Bonchev–Trinajstić information content (AvgIpc) is 2.24. The van der Waals surface area contributed by atoms with Crippen LogP contribution in [0.5, 0.6) is 5.75 Å². The molecule has 0 radical (unpaired) electrons. The standard InChI is InChI=1S/C13H15ClO/c1-11(2)10-15-13-7-3-5-12(9-13)6-4-8-14/h3,5,7,9,11H,8,10H2,1-2H3. The fraction of sp³-hybridized carbons (Fsp3) is 0.385. The van der Waals surface area contributed by atoms with Crippen molar-refractivity contribution in [2.45, 2.75) is 13.8 Å². The van der Waals surface area contributed by atoms with Gasteiger partial charge in [0, 0.05) is 5.56 Å². The van der Waals surface area contributed by atoms with Gasteiger partial charge in [-0.05, 0) is 24.1 Å². The molecule has 0 aliphatic heterocycles. The van der Waals surface area contributed by atoms with Crippen molar-refractivity contribution in [1.82, 2.24) is 0 Å². The lowest BCUT2D eigenvalue weighted by Gasteiger charge is -2.08. The van der Waals surface area contributed by atoms with Crippen LogP contribution in [0.15, 0.2) is 24.3 Å². The van der Waals surface area contributed by atoms with Gasteiger partial charge in [-0.15, -0.1) is 11.6 Å². The van der Waals surface area contributed by atoms with Crippen molar-refractivity contribution in [3.05, 3.63) is 29.8 Å². The smallest absolute Gasteiger partial charge is 0.120 e. The first-order valence-electron chi connectivity index (χ1n) is 5.00. The predicted octanol–water partition coefficient (Wildman–Crippen LogP) is 3.31. The van der Waals surface area contributed by atoms with Crippen LogP contribution in [0.2, 0.25) is 0 Å². The van der Waals surface area contributed by atoms with Gasteiger partial charge < -0.3 is 4.74 Å². The monoisotopic (exact) mass is 222 g/mol. The summed E-state index contributed by atoms with van der Waals surface area (Å²) < 4.78 is 5.59. The topological polar surface area (TPSA) is 9.23 Å². The zero-order valence-corrected chi connectivity index (χ0v) is 9.84. The quantitative estimate of drug-likeness (QED) is 0.563. The Bertz CT molecular complexity index is 360. The third kappa shape index (κ3) is 4.76. The van der Waals surface area contributed by atoms with Crippen LogP contribution in [-0.4, -0.2) is 12.5 Å². The van der Waals surface area contributed by atoms with Crippen molar-refractivity contribution < 1.29 is 4.74 Å². The lowest BCUT2D eigenvalue weighted by atomic mass is 10.2. The van der Waals surface area contributed by atoms with Gasteiger partial charge >= 0.3 is 0 Å². The van der Waals surface area contributed by atoms with Gasteiger partial charge in [-0.3, -0.25) is 0 Å². The Kier molecular flexibility index (Phi) is 5.07. The number of halogens is 1. The van der Waals surface area contributed by atoms with E-state index in [1.54, 1.807) is 0 Å². The van der Waals surface area contributed by atoms with Crippen LogP contribution in [0.4, 0.5) is 0 Å². The molecular weight excluding hydrogens is 208 g/mol. The van der Waals surface area contributed by atoms with Gasteiger partial charge in [0.25, 0.3) is 0 Å². The zero-order chi connectivity index (χ0) is 11.1. The fourth-order valence-corrected chi connectivity index (χ4v) is 1.13. The Labute approximate surface area is 96.4 Å². The molecular formula is C13H15ClO. The molecule has 0 spiro atoms. The maximum Gasteiger partial charge on any atom is 0.120 e. The molecule has 1 aromatic carbocycles. The Morgan fingerprint density at radius 3 is 2.87 bits per heavy atom. The summed E-state index contributed by atoms with van der Waals surface area (Å²) in [5.41, 5.74) is 0.942. The molecule has 0 saturated heterocycles. The van der Waals surface area contributed by atoms with E-state index >= 15 is 0 Å². The molecule has 0 aliphatic carbocycles. The molecule has 0 amide bonds. The first kappa shape index (κ1) is 11.9. The van der Waals surface area contributed by atoms with Crippen LogP contribution in [0.1, 0.15) is 19.4 Å². The number of ether oxygens (including phenoxy) is 1. The SMILES string of the molecule is CC(C)COc1cccc(C#CCCl)c1. The van der Waals surface area contributed by atoms with Crippen LogP contribution >= 0.6 is 11.6 Å². The van der Waals surface area contributed by atoms with Crippen molar-refractivity contribution in [2.75, 3.05) is 12.5 Å². The molecule has 0 N–H and O–H groups in total. The van der Waals surface area contributed by atoms with E-state index in [1.807, 2.05) is 24.3 Å². The van der Waals surface area contributed by atoms with Gasteiger partial charge in [-0.2, -0.15) is 0 Å². The van der Waals surface area contributed by atoms with E-state index < -0.39 is 0 Å². The van der Waals surface area contributed by atoms with Gasteiger partial charge in [0.1, 0.15) is 5.75 Å². The third-order valence-electron chi connectivity index (χ3n) is 1.72. The van der Waals surface area contributed by atoms with E-state index in [4.69, 9.17) is 16.3 Å². The maximum absolute atomic E-state index is 5.59. The van der Waals surface area contributed by atoms with Crippen LogP contribution in [0, 0.1) is 17.8 Å². The molecule has 0 aromatic heterocycles. The number of rotatable bonds is 3. The Morgan fingerprint density at radius 1 is 1.40 bits per heavy atom. The largest absolute Gasteiger partial charge is 0.493 e. The van der Waals surface area contributed by atoms with E-state index in [2.05, 4.69) is 25.7 Å². The van der Waals surface area contributed by atoms with E-state index in [0.717, 1.165) is 17.9 Å². The molecule has 15 heavy (non-hydrogen) atoms. The molecule has 1 aromatic rings. The average molecular weight is 223 g/mol. The maximum atomic E-state index is 5.59. The van der Waals surface area contributed by atoms with Crippen molar-refractivity contribution in [2.24, 2.45) is 5.92 Å². The van der Waals surface area contributed by atoms with Crippen molar-refractivity contribution in [3.63, 3.8) is 0 Å². The van der Waals surface area contributed by atoms with Gasteiger partial charge in [0.15, 0.2) is 0 Å². The highest BCUT2D eigenvalue weighted by molar-refractivity contribution is 6.19. The van der Waals surface area contributed by atoms with E-state index in [9.17, 15) is 0 Å².